The first-order chi connectivity index (χ1) is 13.3. The van der Waals surface area contributed by atoms with E-state index >= 15 is 0 Å². The highest BCUT2D eigenvalue weighted by Crippen LogP contribution is 2.25. The van der Waals surface area contributed by atoms with E-state index < -0.39 is 0 Å². The minimum atomic E-state index is 0.371. The molecule has 1 unspecified atom stereocenters. The molecule has 0 bridgehead atoms. The molecule has 3 heterocycles. The standard InChI is InChI=1S/C20H35N5OS/c1-17-5-8-24(9-6-17)10-7-22-20(21-2)23-16-18(19-4-3-15-27-19)25-11-13-26-14-12-25/h3-4,15,17-18H,5-14,16H2,1-2H3,(H2,21,22,23). The number of likely N-dealkylation sites (tertiary alicyclic amines) is 1. The van der Waals surface area contributed by atoms with Crippen LogP contribution in [-0.2, 0) is 4.74 Å². The molecule has 0 saturated carbocycles. The molecule has 1 aromatic heterocycles. The Bertz CT molecular complexity index is 551. The number of guanidine groups is 1. The summed E-state index contributed by atoms with van der Waals surface area (Å²) in [5, 5.41) is 9.20. The molecular formula is C20H35N5OS. The second-order valence-electron chi connectivity index (χ2n) is 7.58. The average Bonchev–Trinajstić information content (AvgIpc) is 3.23. The van der Waals surface area contributed by atoms with E-state index in [1.807, 2.05) is 18.4 Å². The third-order valence-corrected chi connectivity index (χ3v) is 6.61. The Kier molecular flexibility index (Phi) is 8.38. The van der Waals surface area contributed by atoms with Gasteiger partial charge < -0.3 is 20.3 Å². The summed E-state index contributed by atoms with van der Waals surface area (Å²) < 4.78 is 5.53. The number of rotatable bonds is 7. The molecule has 2 fully saturated rings. The Balaban J connectivity index is 1.45. The van der Waals surface area contributed by atoms with Crippen LogP contribution in [0, 0.1) is 5.92 Å². The fourth-order valence-electron chi connectivity index (χ4n) is 3.81. The first-order valence-electron chi connectivity index (χ1n) is 10.3. The van der Waals surface area contributed by atoms with E-state index in [1.165, 1.54) is 30.8 Å². The van der Waals surface area contributed by atoms with Gasteiger partial charge in [-0.2, -0.15) is 0 Å². The van der Waals surface area contributed by atoms with Gasteiger partial charge in [0.15, 0.2) is 5.96 Å². The highest BCUT2D eigenvalue weighted by molar-refractivity contribution is 7.10. The molecule has 6 nitrogen and oxygen atoms in total. The van der Waals surface area contributed by atoms with Gasteiger partial charge in [-0.15, -0.1) is 11.3 Å². The van der Waals surface area contributed by atoms with E-state index in [9.17, 15) is 0 Å². The molecule has 0 aliphatic carbocycles. The van der Waals surface area contributed by atoms with Crippen molar-refractivity contribution in [3.8, 4) is 0 Å². The van der Waals surface area contributed by atoms with Gasteiger partial charge in [0.2, 0.25) is 0 Å². The SMILES string of the molecule is CN=C(NCCN1CCC(C)CC1)NCC(c1cccs1)N1CCOCC1. The molecule has 2 aliphatic rings. The summed E-state index contributed by atoms with van der Waals surface area (Å²) in [6.07, 6.45) is 2.66. The lowest BCUT2D eigenvalue weighted by Gasteiger charge is -2.34. The lowest BCUT2D eigenvalue weighted by atomic mass is 9.99. The number of thiophene rings is 1. The van der Waals surface area contributed by atoms with Gasteiger partial charge in [0.05, 0.1) is 19.3 Å². The van der Waals surface area contributed by atoms with Gasteiger partial charge in [0.25, 0.3) is 0 Å². The second kappa shape index (κ2) is 11.0. The molecule has 0 radical (unpaired) electrons. The second-order valence-corrected chi connectivity index (χ2v) is 8.56. The van der Waals surface area contributed by atoms with Crippen LogP contribution in [0.15, 0.2) is 22.5 Å². The lowest BCUT2D eigenvalue weighted by molar-refractivity contribution is 0.0177. The first kappa shape index (κ1) is 20.6. The van der Waals surface area contributed by atoms with E-state index in [1.54, 1.807) is 0 Å². The molecule has 0 aromatic carbocycles. The summed E-state index contributed by atoms with van der Waals surface area (Å²) in [5.74, 6) is 1.79. The quantitative estimate of drug-likeness (QED) is 0.548. The zero-order valence-electron chi connectivity index (χ0n) is 16.8. The van der Waals surface area contributed by atoms with E-state index in [0.29, 0.717) is 6.04 Å². The van der Waals surface area contributed by atoms with Gasteiger partial charge >= 0.3 is 0 Å². The van der Waals surface area contributed by atoms with Crippen LogP contribution in [0.2, 0.25) is 0 Å². The van der Waals surface area contributed by atoms with Gasteiger partial charge in [-0.1, -0.05) is 13.0 Å². The maximum Gasteiger partial charge on any atom is 0.191 e. The van der Waals surface area contributed by atoms with Gasteiger partial charge in [-0.3, -0.25) is 9.89 Å². The normalized spacial score (nSPS) is 21.9. The number of hydrogen-bond acceptors (Lipinski definition) is 5. The van der Waals surface area contributed by atoms with E-state index in [4.69, 9.17) is 4.74 Å². The third kappa shape index (κ3) is 6.45. The van der Waals surface area contributed by atoms with Crippen molar-refractivity contribution >= 4 is 17.3 Å². The number of piperidine rings is 1. The van der Waals surface area contributed by atoms with Crippen LogP contribution in [0.25, 0.3) is 0 Å². The van der Waals surface area contributed by atoms with E-state index in [0.717, 1.165) is 57.8 Å². The van der Waals surface area contributed by atoms with E-state index in [2.05, 4.69) is 49.9 Å². The first-order valence-corrected chi connectivity index (χ1v) is 11.2. The molecule has 3 rings (SSSR count). The highest BCUT2D eigenvalue weighted by Gasteiger charge is 2.23. The molecule has 27 heavy (non-hydrogen) atoms. The summed E-state index contributed by atoms with van der Waals surface area (Å²) in [5.41, 5.74) is 0. The van der Waals surface area contributed by atoms with Crippen LogP contribution in [0.1, 0.15) is 30.7 Å². The highest BCUT2D eigenvalue weighted by atomic mass is 32.1. The molecular weight excluding hydrogens is 358 g/mol. The van der Waals surface area contributed by atoms with Gasteiger partial charge in [0, 0.05) is 44.6 Å². The number of morpholine rings is 1. The van der Waals surface area contributed by atoms with Crippen LogP contribution >= 0.6 is 11.3 Å². The van der Waals surface area contributed by atoms with Crippen LogP contribution in [-0.4, -0.2) is 81.8 Å². The molecule has 7 heteroatoms. The Hall–Kier alpha value is -1.15. The van der Waals surface area contributed by atoms with Gasteiger partial charge in [-0.25, -0.2) is 0 Å². The topological polar surface area (TPSA) is 52.1 Å². The fraction of sp³-hybridized carbons (Fsp3) is 0.750. The van der Waals surface area contributed by atoms with Crippen molar-refractivity contribution in [3.63, 3.8) is 0 Å². The monoisotopic (exact) mass is 393 g/mol. The van der Waals surface area contributed by atoms with Crippen molar-refractivity contribution in [2.24, 2.45) is 10.9 Å². The third-order valence-electron chi connectivity index (χ3n) is 5.64. The van der Waals surface area contributed by atoms with Gasteiger partial charge in [0.1, 0.15) is 0 Å². The number of ether oxygens (including phenoxy) is 1. The van der Waals surface area contributed by atoms with Crippen molar-refractivity contribution in [2.75, 3.05) is 66.1 Å². The molecule has 1 aromatic rings. The maximum absolute atomic E-state index is 5.53. The molecule has 1 atom stereocenters. The summed E-state index contributed by atoms with van der Waals surface area (Å²) >= 11 is 1.83. The van der Waals surface area contributed by atoms with Crippen LogP contribution in [0.5, 0.6) is 0 Å². The minimum absolute atomic E-state index is 0.371. The Morgan fingerprint density at radius 1 is 1.26 bits per heavy atom. The van der Waals surface area contributed by atoms with E-state index in [-0.39, 0.29) is 0 Å². The molecule has 0 amide bonds. The van der Waals surface area contributed by atoms with Crippen LogP contribution in [0.4, 0.5) is 0 Å². The molecule has 0 spiro atoms. The number of nitrogens with zero attached hydrogens (tertiary/aromatic N) is 3. The molecule has 2 N–H and O–H groups in total. The van der Waals surface area contributed by atoms with Crippen LogP contribution in [0.3, 0.4) is 0 Å². The van der Waals surface area contributed by atoms with Crippen molar-refractivity contribution < 1.29 is 4.74 Å². The van der Waals surface area contributed by atoms with Crippen molar-refractivity contribution in [1.29, 1.82) is 0 Å². The van der Waals surface area contributed by atoms with Crippen LogP contribution < -0.4 is 10.6 Å². The molecule has 2 aliphatic heterocycles. The largest absolute Gasteiger partial charge is 0.379 e. The predicted octanol–water partition coefficient (Wildman–Crippen LogP) is 2.02. The summed E-state index contributed by atoms with van der Waals surface area (Å²) in [6, 6.07) is 4.75. The van der Waals surface area contributed by atoms with Crippen molar-refractivity contribution in [3.05, 3.63) is 22.4 Å². The summed E-state index contributed by atoms with van der Waals surface area (Å²) in [6.45, 7) is 11.3. The van der Waals surface area contributed by atoms with Gasteiger partial charge in [-0.05, 0) is 43.3 Å². The number of nitrogens with one attached hydrogen (secondary N) is 2. The predicted molar refractivity (Wildman–Crippen MR) is 114 cm³/mol. The zero-order valence-corrected chi connectivity index (χ0v) is 17.6. The smallest absolute Gasteiger partial charge is 0.191 e. The van der Waals surface area contributed by atoms with Crippen molar-refractivity contribution in [2.45, 2.75) is 25.8 Å². The fourth-order valence-corrected chi connectivity index (χ4v) is 4.67. The zero-order chi connectivity index (χ0) is 18.9. The van der Waals surface area contributed by atoms with Crippen molar-refractivity contribution in [1.82, 2.24) is 20.4 Å². The Morgan fingerprint density at radius 3 is 2.70 bits per heavy atom. The number of aliphatic imine (C=N–C) groups is 1. The summed E-state index contributed by atoms with van der Waals surface area (Å²) in [4.78, 5) is 10.9. The average molecular weight is 394 g/mol. The lowest BCUT2D eigenvalue weighted by Crippen LogP contribution is -2.47. The number of hydrogen-bond donors (Lipinski definition) is 2. The summed E-state index contributed by atoms with van der Waals surface area (Å²) in [7, 11) is 1.85. The maximum atomic E-state index is 5.53. The Labute approximate surface area is 168 Å². The minimum Gasteiger partial charge on any atom is -0.379 e. The Morgan fingerprint density at radius 2 is 2.04 bits per heavy atom. The molecule has 2 saturated heterocycles. The molecule has 152 valence electrons.